The normalized spacial score (nSPS) is 11.7. The molecule has 65 heavy (non-hydrogen) atoms. The van der Waals surface area contributed by atoms with Gasteiger partial charge in [0.05, 0.1) is 21.5 Å². The van der Waals surface area contributed by atoms with Crippen LogP contribution in [0.3, 0.4) is 0 Å². The molecule has 304 valence electrons. The number of hydrogen-bond acceptors (Lipinski definition) is 3. The second kappa shape index (κ2) is 15.2. The zero-order valence-corrected chi connectivity index (χ0v) is 36.1. The standard InChI is InChI=1S/C62H39NOS/c1-4-13-40(14-5-1)47-30-34-54-58(38-47)64-61-51(43-17-8-3-9-18-43)35-36-56(60(54)61)63(57-22-12-21-53-52-33-29-48(39-59(52)65-62(53)57)41-15-6-2-7-16-41)49-31-27-42(28-32-49)46-26-25-45-24-23-44-19-10-11-20-50(44)55(45)37-46/h1-39H. The zero-order valence-electron chi connectivity index (χ0n) is 35.3. The highest BCUT2D eigenvalue weighted by atomic mass is 32.1. The summed E-state index contributed by atoms with van der Waals surface area (Å²) < 4.78 is 9.57. The average molecular weight is 846 g/mol. The Kier molecular flexibility index (Phi) is 8.75. The van der Waals surface area contributed by atoms with Gasteiger partial charge in [-0.25, -0.2) is 0 Å². The number of thiophene rings is 1. The minimum Gasteiger partial charge on any atom is -0.455 e. The molecular weight excluding hydrogens is 807 g/mol. The fourth-order valence-corrected chi connectivity index (χ4v) is 11.1. The van der Waals surface area contributed by atoms with E-state index in [0.717, 1.165) is 61.3 Å². The number of nitrogens with zero attached hydrogens (tertiary/aromatic N) is 1. The van der Waals surface area contributed by atoms with Crippen molar-refractivity contribution in [3.63, 3.8) is 0 Å². The maximum atomic E-state index is 7.07. The Labute approximate surface area is 380 Å². The van der Waals surface area contributed by atoms with Gasteiger partial charge in [-0.15, -0.1) is 11.3 Å². The summed E-state index contributed by atoms with van der Waals surface area (Å²) >= 11 is 1.86. The maximum Gasteiger partial charge on any atom is 0.145 e. The van der Waals surface area contributed by atoms with Gasteiger partial charge >= 0.3 is 0 Å². The molecule has 2 heterocycles. The molecule has 0 spiro atoms. The van der Waals surface area contributed by atoms with Gasteiger partial charge in [0.15, 0.2) is 0 Å². The minimum atomic E-state index is 0.860. The lowest BCUT2D eigenvalue weighted by Crippen LogP contribution is -2.10. The summed E-state index contributed by atoms with van der Waals surface area (Å²) in [5, 5.41) is 9.70. The number of benzene rings is 11. The van der Waals surface area contributed by atoms with E-state index in [1.807, 2.05) is 11.3 Å². The predicted molar refractivity (Wildman–Crippen MR) is 278 cm³/mol. The number of hydrogen-bond donors (Lipinski definition) is 0. The lowest BCUT2D eigenvalue weighted by molar-refractivity contribution is 0.670. The van der Waals surface area contributed by atoms with Crippen molar-refractivity contribution in [3.05, 3.63) is 237 Å². The van der Waals surface area contributed by atoms with Crippen molar-refractivity contribution in [1.29, 1.82) is 0 Å². The first-order chi connectivity index (χ1) is 32.2. The molecule has 0 fully saturated rings. The zero-order chi connectivity index (χ0) is 42.8. The molecule has 0 saturated heterocycles. The highest BCUT2D eigenvalue weighted by Crippen LogP contribution is 2.50. The van der Waals surface area contributed by atoms with Crippen LogP contribution in [0.5, 0.6) is 0 Å². The first-order valence-electron chi connectivity index (χ1n) is 22.1. The molecule has 2 aromatic heterocycles. The van der Waals surface area contributed by atoms with Crippen LogP contribution in [0.1, 0.15) is 0 Å². The fraction of sp³-hybridized carbons (Fsp3) is 0. The molecule has 0 unspecified atom stereocenters. The molecule has 0 saturated carbocycles. The summed E-state index contributed by atoms with van der Waals surface area (Å²) in [4.78, 5) is 2.46. The molecule has 0 bridgehead atoms. The topological polar surface area (TPSA) is 16.4 Å². The molecule has 0 aliphatic carbocycles. The number of rotatable bonds is 7. The number of fused-ring (bicyclic) bond motifs is 9. The van der Waals surface area contributed by atoms with Crippen molar-refractivity contribution in [2.24, 2.45) is 0 Å². The molecule has 11 aromatic carbocycles. The van der Waals surface area contributed by atoms with Crippen LogP contribution in [0.15, 0.2) is 241 Å². The molecule has 0 aliphatic rings. The van der Waals surface area contributed by atoms with Gasteiger partial charge in [-0.2, -0.15) is 0 Å². The summed E-state index contributed by atoms with van der Waals surface area (Å²) in [6, 6.07) is 85.8. The van der Waals surface area contributed by atoms with E-state index in [1.165, 1.54) is 64.0 Å². The van der Waals surface area contributed by atoms with Crippen molar-refractivity contribution >= 4 is 92.1 Å². The van der Waals surface area contributed by atoms with E-state index in [2.05, 4.69) is 241 Å². The second-order valence-corrected chi connectivity index (χ2v) is 17.9. The third-order valence-electron chi connectivity index (χ3n) is 13.1. The van der Waals surface area contributed by atoms with Crippen LogP contribution in [0.25, 0.3) is 108 Å². The predicted octanol–water partition coefficient (Wildman–Crippen LogP) is 18.4. The van der Waals surface area contributed by atoms with E-state index in [9.17, 15) is 0 Å². The Hall–Kier alpha value is -8.24. The van der Waals surface area contributed by atoms with Crippen LogP contribution in [0.4, 0.5) is 17.1 Å². The van der Waals surface area contributed by atoms with Crippen LogP contribution in [0.2, 0.25) is 0 Å². The Morgan fingerprint density at radius 1 is 0.338 bits per heavy atom. The van der Waals surface area contributed by atoms with Crippen LogP contribution >= 0.6 is 11.3 Å². The van der Waals surface area contributed by atoms with E-state index in [0.29, 0.717) is 0 Å². The van der Waals surface area contributed by atoms with Crippen molar-refractivity contribution in [2.75, 3.05) is 4.90 Å². The van der Waals surface area contributed by atoms with Gasteiger partial charge in [0.1, 0.15) is 11.2 Å². The highest BCUT2D eigenvalue weighted by Gasteiger charge is 2.25. The first kappa shape index (κ1) is 37.3. The molecule has 2 nitrogen and oxygen atoms in total. The summed E-state index contributed by atoms with van der Waals surface area (Å²) in [5.41, 5.74) is 14.2. The molecule has 13 aromatic rings. The Balaban J connectivity index is 1.04. The quantitative estimate of drug-likeness (QED) is 0.149. The summed E-state index contributed by atoms with van der Waals surface area (Å²) in [5.74, 6) is 0. The lowest BCUT2D eigenvalue weighted by Gasteiger charge is -2.27. The monoisotopic (exact) mass is 845 g/mol. The Bertz CT molecular complexity index is 3920. The van der Waals surface area contributed by atoms with E-state index >= 15 is 0 Å². The molecule has 0 atom stereocenters. The van der Waals surface area contributed by atoms with Crippen molar-refractivity contribution in [2.45, 2.75) is 0 Å². The van der Waals surface area contributed by atoms with Crippen molar-refractivity contribution in [1.82, 2.24) is 0 Å². The molecule has 0 amide bonds. The molecule has 3 heteroatoms. The van der Waals surface area contributed by atoms with E-state index < -0.39 is 0 Å². The largest absolute Gasteiger partial charge is 0.455 e. The summed E-state index contributed by atoms with van der Waals surface area (Å²) in [6.07, 6.45) is 0. The van der Waals surface area contributed by atoms with Gasteiger partial charge in [0.2, 0.25) is 0 Å². The van der Waals surface area contributed by atoms with Crippen LogP contribution in [-0.2, 0) is 0 Å². The van der Waals surface area contributed by atoms with Crippen LogP contribution in [0, 0.1) is 0 Å². The minimum absolute atomic E-state index is 0.860. The third kappa shape index (κ3) is 6.31. The SMILES string of the molecule is c1ccc(-c2ccc3c(c2)oc2c(-c4ccccc4)ccc(N(c4ccc(-c5ccc6ccc7ccccc7c6c5)cc4)c4cccc5c4sc4cc(-c6ccccc6)ccc45)c23)cc1. The fourth-order valence-electron chi connectivity index (χ4n) is 9.87. The molecule has 0 N–H and O–H groups in total. The summed E-state index contributed by atoms with van der Waals surface area (Å²) in [7, 11) is 0. The molecule has 0 radical (unpaired) electrons. The number of anilines is 3. The van der Waals surface area contributed by atoms with E-state index in [1.54, 1.807) is 0 Å². The lowest BCUT2D eigenvalue weighted by atomic mass is 9.96. The van der Waals surface area contributed by atoms with Gasteiger partial charge < -0.3 is 9.32 Å². The number of furan rings is 1. The maximum absolute atomic E-state index is 7.07. The second-order valence-electron chi connectivity index (χ2n) is 16.8. The first-order valence-corrected chi connectivity index (χ1v) is 23.0. The van der Waals surface area contributed by atoms with Gasteiger partial charge in [-0.1, -0.05) is 182 Å². The highest BCUT2D eigenvalue weighted by molar-refractivity contribution is 7.26. The van der Waals surface area contributed by atoms with Crippen LogP contribution in [-0.4, -0.2) is 0 Å². The third-order valence-corrected chi connectivity index (χ3v) is 14.3. The average Bonchev–Trinajstić information content (AvgIpc) is 3.96. The van der Waals surface area contributed by atoms with Gasteiger partial charge in [-0.05, 0) is 115 Å². The van der Waals surface area contributed by atoms with Crippen LogP contribution < -0.4 is 4.90 Å². The van der Waals surface area contributed by atoms with E-state index in [4.69, 9.17) is 4.42 Å². The van der Waals surface area contributed by atoms with Gasteiger partial charge in [0, 0.05) is 32.1 Å². The smallest absolute Gasteiger partial charge is 0.145 e. The van der Waals surface area contributed by atoms with Crippen molar-refractivity contribution < 1.29 is 4.42 Å². The van der Waals surface area contributed by atoms with Gasteiger partial charge in [0.25, 0.3) is 0 Å². The summed E-state index contributed by atoms with van der Waals surface area (Å²) in [6.45, 7) is 0. The van der Waals surface area contributed by atoms with Gasteiger partial charge in [-0.3, -0.25) is 0 Å². The molecular formula is C62H39NOS. The van der Waals surface area contributed by atoms with Crippen molar-refractivity contribution in [3.8, 4) is 44.5 Å². The molecule has 13 rings (SSSR count). The Morgan fingerprint density at radius 3 is 1.66 bits per heavy atom. The Morgan fingerprint density at radius 2 is 0.908 bits per heavy atom. The van der Waals surface area contributed by atoms with E-state index in [-0.39, 0.29) is 0 Å². The molecule has 0 aliphatic heterocycles.